The van der Waals surface area contributed by atoms with Crippen molar-refractivity contribution in [1.82, 2.24) is 9.78 Å². The fourth-order valence-corrected chi connectivity index (χ4v) is 1.28. The van der Waals surface area contributed by atoms with Gasteiger partial charge >= 0.3 is 0 Å². The molecule has 0 saturated carbocycles. The SMILES string of the molecule is Cn1[nH]c(-c2ccc(O)cc2)cc1=O. The second-order valence-corrected chi connectivity index (χ2v) is 3.11. The molecule has 0 saturated heterocycles. The molecule has 4 heteroatoms. The monoisotopic (exact) mass is 190 g/mol. The van der Waals surface area contributed by atoms with Crippen LogP contribution in [0.3, 0.4) is 0 Å². The Balaban J connectivity index is 2.49. The fourth-order valence-electron chi connectivity index (χ4n) is 1.28. The van der Waals surface area contributed by atoms with Crippen molar-refractivity contribution in [1.29, 1.82) is 0 Å². The van der Waals surface area contributed by atoms with Crippen molar-refractivity contribution in [2.45, 2.75) is 0 Å². The molecule has 0 aliphatic rings. The van der Waals surface area contributed by atoms with Crippen LogP contribution in [0, 0.1) is 0 Å². The minimum atomic E-state index is -0.0759. The maximum atomic E-state index is 11.2. The summed E-state index contributed by atoms with van der Waals surface area (Å²) in [6.45, 7) is 0. The van der Waals surface area contributed by atoms with E-state index < -0.39 is 0 Å². The molecule has 0 unspecified atom stereocenters. The van der Waals surface area contributed by atoms with E-state index in [2.05, 4.69) is 5.10 Å². The second-order valence-electron chi connectivity index (χ2n) is 3.11. The van der Waals surface area contributed by atoms with Gasteiger partial charge in [0, 0.05) is 13.1 Å². The third-order valence-electron chi connectivity index (χ3n) is 2.06. The van der Waals surface area contributed by atoms with Crippen LogP contribution < -0.4 is 5.56 Å². The topological polar surface area (TPSA) is 58.0 Å². The first-order chi connectivity index (χ1) is 6.66. The Bertz CT molecular complexity index is 494. The molecule has 0 amide bonds. The molecule has 2 aromatic rings. The van der Waals surface area contributed by atoms with E-state index in [4.69, 9.17) is 5.11 Å². The molecular formula is C10H10N2O2. The lowest BCUT2D eigenvalue weighted by Crippen LogP contribution is -2.09. The Morgan fingerprint density at radius 2 is 1.93 bits per heavy atom. The lowest BCUT2D eigenvalue weighted by molar-refractivity contribution is 0.475. The number of aryl methyl sites for hydroxylation is 1. The summed E-state index contributed by atoms with van der Waals surface area (Å²) in [5.41, 5.74) is 1.55. The van der Waals surface area contributed by atoms with Gasteiger partial charge in [-0.3, -0.25) is 14.6 Å². The molecular weight excluding hydrogens is 180 g/mol. The van der Waals surface area contributed by atoms with Crippen LogP contribution in [0.1, 0.15) is 0 Å². The highest BCUT2D eigenvalue weighted by molar-refractivity contribution is 5.59. The van der Waals surface area contributed by atoms with Crippen molar-refractivity contribution in [3.05, 3.63) is 40.7 Å². The number of hydrogen-bond donors (Lipinski definition) is 2. The van der Waals surface area contributed by atoms with E-state index in [0.717, 1.165) is 11.3 Å². The van der Waals surface area contributed by atoms with Crippen LogP contribution in [0.2, 0.25) is 0 Å². The molecule has 0 aliphatic carbocycles. The van der Waals surface area contributed by atoms with Gasteiger partial charge in [-0.15, -0.1) is 0 Å². The maximum absolute atomic E-state index is 11.2. The van der Waals surface area contributed by atoms with Crippen LogP contribution >= 0.6 is 0 Å². The molecule has 0 radical (unpaired) electrons. The van der Waals surface area contributed by atoms with Crippen molar-refractivity contribution < 1.29 is 5.11 Å². The highest BCUT2D eigenvalue weighted by Gasteiger charge is 2.01. The molecule has 4 nitrogen and oxygen atoms in total. The Morgan fingerprint density at radius 1 is 1.29 bits per heavy atom. The zero-order valence-electron chi connectivity index (χ0n) is 7.69. The zero-order chi connectivity index (χ0) is 10.1. The lowest BCUT2D eigenvalue weighted by Gasteiger charge is -1.97. The Kier molecular flexibility index (Phi) is 1.89. The van der Waals surface area contributed by atoms with Crippen molar-refractivity contribution in [2.75, 3.05) is 0 Å². The first kappa shape index (κ1) is 8.62. The second kappa shape index (κ2) is 3.06. The van der Waals surface area contributed by atoms with Gasteiger partial charge in [0.1, 0.15) is 5.75 Å². The van der Waals surface area contributed by atoms with Gasteiger partial charge in [-0.2, -0.15) is 0 Å². The molecule has 1 heterocycles. The summed E-state index contributed by atoms with van der Waals surface area (Å²) >= 11 is 0. The molecule has 0 atom stereocenters. The number of benzene rings is 1. The number of H-pyrrole nitrogens is 1. The van der Waals surface area contributed by atoms with Crippen LogP contribution in [0.4, 0.5) is 0 Å². The summed E-state index contributed by atoms with van der Waals surface area (Å²) in [4.78, 5) is 11.2. The number of rotatable bonds is 1. The standard InChI is InChI=1S/C10H10N2O2/c1-12-10(14)6-9(11-12)7-2-4-8(13)5-3-7/h2-6,11,13H,1H3. The number of aromatic nitrogens is 2. The molecule has 0 fully saturated rings. The number of phenolic OH excluding ortho intramolecular Hbond substituents is 1. The molecule has 2 rings (SSSR count). The molecule has 0 aliphatic heterocycles. The van der Waals surface area contributed by atoms with Crippen molar-refractivity contribution in [3.8, 4) is 17.0 Å². The predicted octanol–water partition coefficient (Wildman–Crippen LogP) is 1.09. The van der Waals surface area contributed by atoms with Gasteiger partial charge in [0.25, 0.3) is 5.56 Å². The largest absolute Gasteiger partial charge is 0.508 e. The first-order valence-electron chi connectivity index (χ1n) is 4.22. The van der Waals surface area contributed by atoms with Gasteiger partial charge < -0.3 is 5.11 Å². The van der Waals surface area contributed by atoms with Crippen LogP contribution in [0.5, 0.6) is 5.75 Å². The molecule has 0 spiro atoms. The smallest absolute Gasteiger partial charge is 0.266 e. The summed E-state index contributed by atoms with van der Waals surface area (Å²) in [6, 6.07) is 8.19. The molecule has 2 N–H and O–H groups in total. The number of nitrogens with one attached hydrogen (secondary N) is 1. The molecule has 1 aromatic carbocycles. The van der Waals surface area contributed by atoms with E-state index in [0.29, 0.717) is 0 Å². The zero-order valence-corrected chi connectivity index (χ0v) is 7.69. The predicted molar refractivity (Wildman–Crippen MR) is 53.1 cm³/mol. The van der Waals surface area contributed by atoms with Crippen molar-refractivity contribution in [3.63, 3.8) is 0 Å². The molecule has 1 aromatic heterocycles. The number of aromatic hydroxyl groups is 1. The summed E-state index contributed by atoms with van der Waals surface area (Å²) in [5, 5.41) is 12.0. The minimum absolute atomic E-state index is 0.0759. The Labute approximate surface area is 80.4 Å². The Hall–Kier alpha value is -1.97. The first-order valence-corrected chi connectivity index (χ1v) is 4.22. The maximum Gasteiger partial charge on any atom is 0.266 e. The average molecular weight is 190 g/mol. The van der Waals surface area contributed by atoms with Crippen molar-refractivity contribution >= 4 is 0 Å². The third-order valence-corrected chi connectivity index (χ3v) is 2.06. The third kappa shape index (κ3) is 1.42. The summed E-state index contributed by atoms with van der Waals surface area (Å²) in [7, 11) is 1.66. The van der Waals surface area contributed by atoms with Gasteiger partial charge in [0.2, 0.25) is 0 Å². The minimum Gasteiger partial charge on any atom is -0.508 e. The Morgan fingerprint density at radius 3 is 2.43 bits per heavy atom. The van der Waals surface area contributed by atoms with Crippen LogP contribution in [-0.4, -0.2) is 14.9 Å². The van der Waals surface area contributed by atoms with Crippen LogP contribution in [0.25, 0.3) is 11.3 Å². The average Bonchev–Trinajstić information content (AvgIpc) is 2.48. The van der Waals surface area contributed by atoms with E-state index in [-0.39, 0.29) is 11.3 Å². The van der Waals surface area contributed by atoms with E-state index in [1.807, 2.05) is 0 Å². The van der Waals surface area contributed by atoms with Gasteiger partial charge in [-0.05, 0) is 29.8 Å². The fraction of sp³-hybridized carbons (Fsp3) is 0.100. The normalized spacial score (nSPS) is 10.4. The van der Waals surface area contributed by atoms with Crippen LogP contribution in [-0.2, 0) is 7.05 Å². The quantitative estimate of drug-likeness (QED) is 0.707. The summed E-state index contributed by atoms with van der Waals surface area (Å²) in [6.07, 6.45) is 0. The molecule has 14 heavy (non-hydrogen) atoms. The van der Waals surface area contributed by atoms with Gasteiger partial charge in [0.05, 0.1) is 5.69 Å². The number of phenols is 1. The van der Waals surface area contributed by atoms with E-state index in [1.54, 1.807) is 31.3 Å². The summed E-state index contributed by atoms with van der Waals surface area (Å²) < 4.78 is 1.40. The molecule has 0 bridgehead atoms. The van der Waals surface area contributed by atoms with Gasteiger partial charge in [-0.25, -0.2) is 0 Å². The molecule has 72 valence electrons. The number of nitrogens with zero attached hydrogens (tertiary/aromatic N) is 1. The number of hydrogen-bond acceptors (Lipinski definition) is 2. The van der Waals surface area contributed by atoms with Gasteiger partial charge in [0.15, 0.2) is 0 Å². The van der Waals surface area contributed by atoms with E-state index in [9.17, 15) is 4.79 Å². The number of aromatic amines is 1. The van der Waals surface area contributed by atoms with Crippen molar-refractivity contribution in [2.24, 2.45) is 7.05 Å². The van der Waals surface area contributed by atoms with Gasteiger partial charge in [-0.1, -0.05) is 0 Å². The lowest BCUT2D eigenvalue weighted by atomic mass is 10.1. The van der Waals surface area contributed by atoms with E-state index in [1.165, 1.54) is 10.7 Å². The highest BCUT2D eigenvalue weighted by Crippen LogP contribution is 2.18. The highest BCUT2D eigenvalue weighted by atomic mass is 16.3. The summed E-state index contributed by atoms with van der Waals surface area (Å²) in [5.74, 6) is 0.215. The van der Waals surface area contributed by atoms with E-state index >= 15 is 0 Å². The van der Waals surface area contributed by atoms with Crippen LogP contribution in [0.15, 0.2) is 35.1 Å².